The second-order valence-corrected chi connectivity index (χ2v) is 4.18. The minimum Gasteiger partial charge on any atom is -0.447 e. The van der Waals surface area contributed by atoms with Crippen LogP contribution in [0.25, 0.3) is 0 Å². The van der Waals surface area contributed by atoms with Crippen LogP contribution in [-0.4, -0.2) is 12.1 Å². The summed E-state index contributed by atoms with van der Waals surface area (Å²) in [5.74, 6) is -0.0502. The van der Waals surface area contributed by atoms with Crippen LogP contribution in [0.3, 0.4) is 0 Å². The minimum atomic E-state index is -0.592. The van der Waals surface area contributed by atoms with Crippen molar-refractivity contribution < 1.29 is 9.53 Å². The Hall–Kier alpha value is -1.04. The van der Waals surface area contributed by atoms with E-state index in [0.717, 1.165) is 6.42 Å². The Balaban J connectivity index is 1.84. The van der Waals surface area contributed by atoms with Gasteiger partial charge in [0.25, 0.3) is 0 Å². The van der Waals surface area contributed by atoms with Crippen LogP contribution in [0.15, 0.2) is 0 Å². The molecular weight excluding hydrogens is 166 g/mol. The van der Waals surface area contributed by atoms with Crippen LogP contribution in [0, 0.1) is 22.7 Å². The lowest BCUT2D eigenvalue weighted by atomic mass is 9.80. The first-order chi connectivity index (χ1) is 6.18. The maximum Gasteiger partial charge on any atom is 0.310 e. The van der Waals surface area contributed by atoms with Crippen LogP contribution in [-0.2, 0) is 9.53 Å². The van der Waals surface area contributed by atoms with Gasteiger partial charge in [0.1, 0.15) is 6.07 Å². The van der Waals surface area contributed by atoms with Gasteiger partial charge in [0.15, 0.2) is 6.10 Å². The third kappa shape index (κ3) is 1.31. The van der Waals surface area contributed by atoms with Crippen LogP contribution in [0.1, 0.15) is 32.6 Å². The molecule has 13 heavy (non-hydrogen) atoms. The zero-order valence-corrected chi connectivity index (χ0v) is 7.75. The highest BCUT2D eigenvalue weighted by molar-refractivity contribution is 5.77. The quantitative estimate of drug-likeness (QED) is 0.605. The molecule has 2 rings (SSSR count). The van der Waals surface area contributed by atoms with Crippen molar-refractivity contribution in [1.82, 2.24) is 0 Å². The van der Waals surface area contributed by atoms with Crippen LogP contribution in [0.5, 0.6) is 0 Å². The molecule has 0 saturated heterocycles. The summed E-state index contributed by atoms with van der Waals surface area (Å²) in [4.78, 5) is 11.4. The first-order valence-corrected chi connectivity index (χ1v) is 4.78. The fraction of sp³-hybridized carbons (Fsp3) is 0.800. The van der Waals surface area contributed by atoms with Gasteiger partial charge in [-0.15, -0.1) is 0 Å². The second-order valence-electron chi connectivity index (χ2n) is 4.18. The van der Waals surface area contributed by atoms with E-state index in [4.69, 9.17) is 10.00 Å². The van der Waals surface area contributed by atoms with E-state index in [1.807, 2.05) is 6.07 Å². The maximum absolute atomic E-state index is 11.4. The van der Waals surface area contributed by atoms with Crippen molar-refractivity contribution in [3.63, 3.8) is 0 Å². The molecule has 3 nitrogen and oxygen atoms in total. The molecule has 0 aliphatic heterocycles. The molecule has 2 atom stereocenters. The van der Waals surface area contributed by atoms with Crippen molar-refractivity contribution in [2.45, 2.75) is 38.7 Å². The van der Waals surface area contributed by atoms with Gasteiger partial charge in [0.05, 0.1) is 5.92 Å². The normalized spacial score (nSPS) is 30.0. The molecule has 2 aliphatic carbocycles. The largest absolute Gasteiger partial charge is 0.447 e. The maximum atomic E-state index is 11.4. The van der Waals surface area contributed by atoms with Crippen molar-refractivity contribution in [2.24, 2.45) is 11.3 Å². The van der Waals surface area contributed by atoms with Gasteiger partial charge in [0.2, 0.25) is 0 Å². The summed E-state index contributed by atoms with van der Waals surface area (Å²) in [6, 6.07) is 1.90. The number of carbonyl (C=O) groups is 1. The van der Waals surface area contributed by atoms with Gasteiger partial charge in [-0.1, -0.05) is 6.42 Å². The van der Waals surface area contributed by atoms with Crippen LogP contribution in [0.2, 0.25) is 0 Å². The Morgan fingerprint density at radius 2 is 2.38 bits per heavy atom. The van der Waals surface area contributed by atoms with E-state index >= 15 is 0 Å². The van der Waals surface area contributed by atoms with Gasteiger partial charge >= 0.3 is 5.97 Å². The molecule has 2 saturated carbocycles. The third-order valence-corrected chi connectivity index (χ3v) is 3.30. The first-order valence-electron chi connectivity index (χ1n) is 4.78. The lowest BCUT2D eigenvalue weighted by Gasteiger charge is -2.26. The Bertz CT molecular complexity index is 275. The van der Waals surface area contributed by atoms with E-state index in [1.54, 1.807) is 6.92 Å². The summed E-state index contributed by atoms with van der Waals surface area (Å²) in [5.41, 5.74) is 0.312. The molecule has 2 fully saturated rings. The number of esters is 1. The topological polar surface area (TPSA) is 50.1 Å². The zero-order chi connectivity index (χ0) is 9.47. The molecule has 0 heterocycles. The average Bonchev–Trinajstić information content (AvgIpc) is 2.77. The smallest absolute Gasteiger partial charge is 0.310 e. The highest BCUT2D eigenvalue weighted by Crippen LogP contribution is 2.65. The molecule has 2 unspecified atom stereocenters. The molecule has 0 radical (unpaired) electrons. The van der Waals surface area contributed by atoms with E-state index in [1.165, 1.54) is 19.3 Å². The van der Waals surface area contributed by atoms with E-state index in [-0.39, 0.29) is 11.9 Å². The molecule has 0 aromatic heterocycles. The molecule has 70 valence electrons. The molecule has 3 heteroatoms. The minimum absolute atomic E-state index is 0.108. The SMILES string of the molecule is CC(C#N)OC(=O)C1CC12CCC2. The Kier molecular flexibility index (Phi) is 1.80. The first kappa shape index (κ1) is 8.55. The van der Waals surface area contributed by atoms with Crippen LogP contribution >= 0.6 is 0 Å². The predicted molar refractivity (Wildman–Crippen MR) is 45.6 cm³/mol. The summed E-state index contributed by atoms with van der Waals surface area (Å²) in [6.45, 7) is 1.60. The highest BCUT2D eigenvalue weighted by atomic mass is 16.5. The Labute approximate surface area is 77.7 Å². The molecule has 0 aromatic rings. The number of hydrogen-bond acceptors (Lipinski definition) is 3. The number of rotatable bonds is 2. The molecule has 1 spiro atoms. The van der Waals surface area contributed by atoms with Crippen molar-refractivity contribution in [1.29, 1.82) is 5.26 Å². The molecule has 0 bridgehead atoms. The van der Waals surface area contributed by atoms with E-state index < -0.39 is 6.10 Å². The molecule has 0 aromatic carbocycles. The van der Waals surface area contributed by atoms with E-state index in [0.29, 0.717) is 5.41 Å². The standard InChI is InChI=1S/C10H13NO2/c1-7(6-11)13-9(12)8-5-10(8)3-2-4-10/h7-8H,2-5H2,1H3. The number of hydrogen-bond donors (Lipinski definition) is 0. The molecular formula is C10H13NO2. The monoisotopic (exact) mass is 179 g/mol. The predicted octanol–water partition coefficient (Wildman–Crippen LogP) is 1.63. The number of ether oxygens (including phenoxy) is 1. The zero-order valence-electron chi connectivity index (χ0n) is 7.75. The summed E-state index contributed by atoms with van der Waals surface area (Å²) < 4.78 is 4.95. The van der Waals surface area contributed by atoms with Gasteiger partial charge < -0.3 is 4.74 Å². The average molecular weight is 179 g/mol. The van der Waals surface area contributed by atoms with Crippen LogP contribution < -0.4 is 0 Å². The van der Waals surface area contributed by atoms with Crippen molar-refractivity contribution >= 4 is 5.97 Å². The fourth-order valence-corrected chi connectivity index (χ4v) is 2.15. The summed E-state index contributed by atoms with van der Waals surface area (Å²) in [7, 11) is 0. The summed E-state index contributed by atoms with van der Waals surface area (Å²) in [6.07, 6.45) is 3.99. The van der Waals surface area contributed by atoms with Crippen molar-refractivity contribution in [3.05, 3.63) is 0 Å². The second kappa shape index (κ2) is 2.73. The molecule has 2 aliphatic rings. The lowest BCUT2D eigenvalue weighted by molar-refractivity contribution is -0.149. The summed E-state index contributed by atoms with van der Waals surface area (Å²) in [5, 5.41) is 8.46. The molecule has 0 amide bonds. The van der Waals surface area contributed by atoms with Crippen molar-refractivity contribution in [2.75, 3.05) is 0 Å². The van der Waals surface area contributed by atoms with E-state index in [9.17, 15) is 4.79 Å². The summed E-state index contributed by atoms with van der Waals surface area (Å²) >= 11 is 0. The number of nitriles is 1. The third-order valence-electron chi connectivity index (χ3n) is 3.30. The Morgan fingerprint density at radius 3 is 2.77 bits per heavy atom. The van der Waals surface area contributed by atoms with E-state index in [2.05, 4.69) is 0 Å². The number of carbonyl (C=O) groups excluding carboxylic acids is 1. The Morgan fingerprint density at radius 1 is 1.69 bits per heavy atom. The van der Waals surface area contributed by atoms with Gasteiger partial charge in [0, 0.05) is 0 Å². The van der Waals surface area contributed by atoms with Crippen LogP contribution in [0.4, 0.5) is 0 Å². The lowest BCUT2D eigenvalue weighted by Crippen LogP contribution is -2.22. The number of nitrogens with zero attached hydrogens (tertiary/aromatic N) is 1. The van der Waals surface area contributed by atoms with Gasteiger partial charge in [-0.2, -0.15) is 5.26 Å². The van der Waals surface area contributed by atoms with Gasteiger partial charge in [-0.25, -0.2) is 0 Å². The van der Waals surface area contributed by atoms with Crippen molar-refractivity contribution in [3.8, 4) is 6.07 Å². The fourth-order valence-electron chi connectivity index (χ4n) is 2.15. The molecule has 0 N–H and O–H groups in total. The van der Waals surface area contributed by atoms with Gasteiger partial charge in [-0.05, 0) is 31.6 Å². The highest BCUT2D eigenvalue weighted by Gasteiger charge is 2.61. The van der Waals surface area contributed by atoms with Gasteiger partial charge in [-0.3, -0.25) is 4.79 Å².